The first-order chi connectivity index (χ1) is 21.7. The van der Waals surface area contributed by atoms with Gasteiger partial charge in [0.25, 0.3) is 5.91 Å². The molecular weight excluding hydrogens is 590 g/mol. The Hall–Kier alpha value is -3.77. The fraction of sp³-hybridized carbons (Fsp3) is 0.515. The van der Waals surface area contributed by atoms with E-state index in [0.29, 0.717) is 58.9 Å². The van der Waals surface area contributed by atoms with Crippen molar-refractivity contribution in [3.63, 3.8) is 0 Å². The van der Waals surface area contributed by atoms with E-state index in [1.54, 1.807) is 23.0 Å². The molecule has 1 spiro atoms. The van der Waals surface area contributed by atoms with Crippen LogP contribution in [0.5, 0.6) is 5.88 Å². The molecule has 2 fully saturated rings. The van der Waals surface area contributed by atoms with Crippen molar-refractivity contribution in [1.29, 1.82) is 0 Å². The maximum atomic E-state index is 14.0. The number of rotatable bonds is 2. The van der Waals surface area contributed by atoms with Gasteiger partial charge in [0.2, 0.25) is 11.8 Å². The van der Waals surface area contributed by atoms with Gasteiger partial charge in [-0.2, -0.15) is 10.1 Å². The summed E-state index contributed by atoms with van der Waals surface area (Å²) < 4.78 is 31.0. The van der Waals surface area contributed by atoms with E-state index in [4.69, 9.17) is 9.47 Å². The number of amides is 1. The van der Waals surface area contributed by atoms with Crippen LogP contribution in [0.2, 0.25) is 0 Å². The Morgan fingerprint density at radius 1 is 1.09 bits per heavy atom. The maximum Gasteiger partial charge on any atom is 0.280 e. The van der Waals surface area contributed by atoms with Crippen LogP contribution in [0, 0.1) is 18.3 Å². The van der Waals surface area contributed by atoms with Crippen LogP contribution in [0.4, 0.5) is 17.1 Å². The number of aromatic nitrogens is 3. The molecule has 2 N–H and O–H groups in total. The van der Waals surface area contributed by atoms with Crippen LogP contribution in [0.1, 0.15) is 61.5 Å². The molecule has 0 saturated carbocycles. The van der Waals surface area contributed by atoms with Gasteiger partial charge in [0, 0.05) is 55.3 Å². The van der Waals surface area contributed by atoms with Crippen molar-refractivity contribution in [3.8, 4) is 17.1 Å². The molecule has 2 saturated heterocycles. The number of pyridine rings is 1. The topological polar surface area (TPSA) is 123 Å². The zero-order chi connectivity index (χ0) is 31.2. The molecule has 11 nitrogen and oxygen atoms in total. The summed E-state index contributed by atoms with van der Waals surface area (Å²) in [5.74, 6) is 2.47. The van der Waals surface area contributed by atoms with Crippen LogP contribution in [0.25, 0.3) is 11.3 Å². The Morgan fingerprint density at radius 2 is 1.89 bits per heavy atom. The number of carbonyl (C=O) groups excluding carboxylic acids is 1. The van der Waals surface area contributed by atoms with Crippen molar-refractivity contribution >= 4 is 39.0 Å². The number of fused-ring (bicyclic) bond motifs is 7. The van der Waals surface area contributed by atoms with Crippen molar-refractivity contribution in [2.75, 3.05) is 52.8 Å². The molecule has 2 bridgehead atoms. The van der Waals surface area contributed by atoms with E-state index in [9.17, 15) is 9.00 Å². The van der Waals surface area contributed by atoms with Crippen molar-refractivity contribution in [2.45, 2.75) is 52.4 Å². The Labute approximate surface area is 265 Å². The van der Waals surface area contributed by atoms with E-state index in [2.05, 4.69) is 43.0 Å². The summed E-state index contributed by atoms with van der Waals surface area (Å²) in [6.07, 6.45) is 7.62. The van der Waals surface area contributed by atoms with Crippen LogP contribution in [-0.4, -0.2) is 68.7 Å². The molecule has 0 aliphatic carbocycles. The Morgan fingerprint density at radius 3 is 2.69 bits per heavy atom. The van der Waals surface area contributed by atoms with Gasteiger partial charge < -0.3 is 24.4 Å². The number of hydrogen-bond donors (Lipinski definition) is 3. The molecule has 4 aliphatic heterocycles. The summed E-state index contributed by atoms with van der Waals surface area (Å²) in [5.41, 5.74) is 5.46. The molecule has 1 atom stereocenters. The molecule has 1 unspecified atom stereocenters. The second-order valence-corrected chi connectivity index (χ2v) is 16.1. The summed E-state index contributed by atoms with van der Waals surface area (Å²) in [6.45, 7) is 6.91. The third-order valence-electron chi connectivity index (χ3n) is 9.83. The zero-order valence-corrected chi connectivity index (χ0v) is 27.2. The molecule has 3 aromatic rings. The minimum Gasteiger partial charge on any atom is -0.477 e. The number of nitrogens with zero attached hydrogens (tertiary/aromatic N) is 5. The average molecular weight is 634 g/mol. The third kappa shape index (κ3) is 6.09. The van der Waals surface area contributed by atoms with Gasteiger partial charge in [-0.05, 0) is 97.2 Å². The predicted octanol–water partition coefficient (Wildman–Crippen LogP) is 4.96. The number of nitrogens with one attached hydrogen (secondary N) is 2. The average Bonchev–Trinajstić information content (AvgIpc) is 3.55. The van der Waals surface area contributed by atoms with Gasteiger partial charge in [-0.3, -0.25) is 14.0 Å². The monoisotopic (exact) mass is 633 g/mol. The van der Waals surface area contributed by atoms with Crippen molar-refractivity contribution in [2.24, 2.45) is 23.4 Å². The Kier molecular flexibility index (Phi) is 7.89. The van der Waals surface area contributed by atoms with Gasteiger partial charge >= 0.3 is 0 Å². The standard InChI is InChI=1S/C33H43N7O4S/c1-22-5-4-12-44-31-26(20-34-39(31)3)28-18-24(17-23(2)35-28)30(41)37-32-36-27-7-6-25(19-29(27)40(32)21-22)38-45(42)15-10-33(11-16-45)8-13-43-14-9-33/h6-7,17-20,22,45H,4-5,8-16,21H2,1-3H3,(H,38,42)(H,36,37,41). The maximum absolute atomic E-state index is 14.0. The van der Waals surface area contributed by atoms with Gasteiger partial charge in [-0.25, -0.2) is 4.68 Å². The lowest BCUT2D eigenvalue weighted by Crippen LogP contribution is -2.43. The second kappa shape index (κ2) is 11.9. The van der Waals surface area contributed by atoms with Crippen molar-refractivity contribution in [3.05, 3.63) is 47.8 Å². The van der Waals surface area contributed by atoms with Crippen LogP contribution in [0.3, 0.4) is 0 Å². The third-order valence-corrected chi connectivity index (χ3v) is 12.4. The van der Waals surface area contributed by atoms with E-state index in [0.717, 1.165) is 74.4 Å². The summed E-state index contributed by atoms with van der Waals surface area (Å²) in [6, 6.07) is 9.53. The van der Waals surface area contributed by atoms with Crippen LogP contribution < -0.4 is 19.7 Å². The van der Waals surface area contributed by atoms with Crippen LogP contribution >= 0.6 is 0 Å². The van der Waals surface area contributed by atoms with Crippen molar-refractivity contribution in [1.82, 2.24) is 14.8 Å². The fourth-order valence-electron chi connectivity index (χ4n) is 7.10. The molecule has 12 heteroatoms. The van der Waals surface area contributed by atoms with E-state index in [1.807, 2.05) is 26.1 Å². The predicted molar refractivity (Wildman–Crippen MR) is 179 cm³/mol. The smallest absolute Gasteiger partial charge is 0.280 e. The van der Waals surface area contributed by atoms with E-state index >= 15 is 0 Å². The zero-order valence-electron chi connectivity index (χ0n) is 26.3. The molecule has 0 radical (unpaired) electrons. The minimum atomic E-state index is -2.56. The van der Waals surface area contributed by atoms with Gasteiger partial charge in [0.05, 0.1) is 35.4 Å². The molecule has 1 amide bonds. The van der Waals surface area contributed by atoms with E-state index < -0.39 is 10.1 Å². The lowest BCUT2D eigenvalue weighted by Gasteiger charge is -2.44. The summed E-state index contributed by atoms with van der Waals surface area (Å²) in [5, 5.41) is 7.78. The van der Waals surface area contributed by atoms with Gasteiger partial charge in [-0.1, -0.05) is 6.92 Å². The summed E-state index contributed by atoms with van der Waals surface area (Å²) in [7, 11) is -0.718. The highest BCUT2D eigenvalue weighted by Crippen LogP contribution is 2.44. The highest BCUT2D eigenvalue weighted by Gasteiger charge is 2.39. The summed E-state index contributed by atoms with van der Waals surface area (Å²) in [4.78, 5) is 25.1. The second-order valence-electron chi connectivity index (χ2n) is 13.2. The van der Waals surface area contributed by atoms with Gasteiger partial charge in [0.15, 0.2) is 0 Å². The molecule has 240 valence electrons. The number of guanidine groups is 1. The first-order valence-electron chi connectivity index (χ1n) is 16.1. The Balaban J connectivity index is 1.17. The molecule has 7 rings (SSSR count). The number of anilines is 3. The number of carbonyl (C=O) groups is 1. The lowest BCUT2D eigenvalue weighted by atomic mass is 9.75. The quantitative estimate of drug-likeness (QED) is 0.339. The van der Waals surface area contributed by atoms with Crippen LogP contribution in [0.15, 0.2) is 41.5 Å². The Bertz CT molecular complexity index is 1680. The van der Waals surface area contributed by atoms with Crippen molar-refractivity contribution < 1.29 is 18.5 Å². The molecule has 45 heavy (non-hydrogen) atoms. The first kappa shape index (κ1) is 29.9. The highest BCUT2D eigenvalue weighted by molar-refractivity contribution is 8.04. The number of aryl methyl sites for hydroxylation is 2. The van der Waals surface area contributed by atoms with Gasteiger partial charge in [0.1, 0.15) is 0 Å². The number of thiol groups is 1. The number of aliphatic imine (C=N–C) groups is 1. The molecular formula is C33H43N7O4S. The van der Waals surface area contributed by atoms with E-state index in [-0.39, 0.29) is 11.8 Å². The largest absolute Gasteiger partial charge is 0.477 e. The molecule has 1 aromatic carbocycles. The summed E-state index contributed by atoms with van der Waals surface area (Å²) >= 11 is 0. The van der Waals surface area contributed by atoms with E-state index in [1.165, 1.54) is 0 Å². The lowest BCUT2D eigenvalue weighted by molar-refractivity contribution is 0.00977. The number of hydrogen-bond acceptors (Lipinski definition) is 8. The number of ether oxygens (including phenoxy) is 2. The molecule has 6 heterocycles. The fourth-order valence-corrected chi connectivity index (χ4v) is 9.82. The number of benzene rings is 1. The first-order valence-corrected chi connectivity index (χ1v) is 18.2. The highest BCUT2D eigenvalue weighted by atomic mass is 32.3. The normalized spacial score (nSPS) is 24.4. The van der Waals surface area contributed by atoms with Gasteiger partial charge in [-0.15, -0.1) is 0 Å². The van der Waals surface area contributed by atoms with Crippen LogP contribution in [-0.2, 0) is 21.9 Å². The molecule has 2 aromatic heterocycles. The minimum absolute atomic E-state index is 0.284. The molecule has 4 aliphatic rings. The SMILES string of the molecule is Cc1cc2cc(n1)-c1cnn(C)c1OCCCC(C)CN1/C(=N/C2=O)Nc2ccc(N[SH]3(=O)CCC4(CCOCC4)CC3)cc21.